The maximum atomic E-state index is 12.3. The van der Waals surface area contributed by atoms with Crippen LogP contribution < -0.4 is 0 Å². The Balaban J connectivity index is 2.07. The molecule has 0 bridgehead atoms. The summed E-state index contributed by atoms with van der Waals surface area (Å²) in [5, 5.41) is 0. The molecule has 0 N–H and O–H groups in total. The van der Waals surface area contributed by atoms with Crippen molar-refractivity contribution < 1.29 is 4.79 Å². The zero-order valence-corrected chi connectivity index (χ0v) is 9.86. The van der Waals surface area contributed by atoms with Crippen LogP contribution in [0, 0.1) is 12.8 Å². The highest BCUT2D eigenvalue weighted by Crippen LogP contribution is 2.42. The minimum Gasteiger partial charge on any atom is -0.306 e. The van der Waals surface area contributed by atoms with Crippen molar-refractivity contribution in [2.24, 2.45) is 5.92 Å². The summed E-state index contributed by atoms with van der Waals surface area (Å²) in [4.78, 5) is 14.6. The second kappa shape index (κ2) is 3.42. The molecule has 0 aromatic heterocycles. The van der Waals surface area contributed by atoms with Crippen LogP contribution in [0.5, 0.6) is 0 Å². The van der Waals surface area contributed by atoms with E-state index in [-0.39, 0.29) is 5.92 Å². The number of benzene rings is 1. The van der Waals surface area contributed by atoms with E-state index < -0.39 is 0 Å². The number of Topliss-reactive ketones (excluding diaryl/α,β-unsaturated/α-hetero) is 1. The third-order valence-electron chi connectivity index (χ3n) is 4.03. The normalized spacial score (nSPS) is 29.0. The molecular weight excluding hydrogens is 198 g/mol. The van der Waals surface area contributed by atoms with Crippen LogP contribution in [0.3, 0.4) is 0 Å². The van der Waals surface area contributed by atoms with Crippen molar-refractivity contribution in [2.75, 3.05) is 20.1 Å². The second-order valence-electron chi connectivity index (χ2n) is 5.22. The van der Waals surface area contributed by atoms with Crippen molar-refractivity contribution in [3.05, 3.63) is 34.9 Å². The monoisotopic (exact) mass is 215 g/mol. The summed E-state index contributed by atoms with van der Waals surface area (Å²) in [6.07, 6.45) is 1.02. The molecule has 1 aliphatic carbocycles. The van der Waals surface area contributed by atoms with Crippen LogP contribution in [-0.2, 0) is 0 Å². The lowest BCUT2D eigenvalue weighted by Gasteiger charge is -2.31. The molecule has 0 radical (unpaired) electrons. The van der Waals surface area contributed by atoms with Crippen LogP contribution in [0.25, 0.3) is 0 Å². The Hall–Kier alpha value is -1.15. The number of likely N-dealkylation sites (N-methyl/N-ethyl adjacent to an activating group) is 1. The highest BCUT2D eigenvalue weighted by atomic mass is 16.1. The number of likely N-dealkylation sites (tertiary alicyclic amines) is 1. The molecular formula is C14H17NO. The molecule has 2 heteroatoms. The lowest BCUT2D eigenvalue weighted by molar-refractivity contribution is 0.0861. The van der Waals surface area contributed by atoms with Gasteiger partial charge in [0.1, 0.15) is 0 Å². The number of carbonyl (C=O) groups excluding carboxylic acids is 1. The van der Waals surface area contributed by atoms with Crippen LogP contribution >= 0.6 is 0 Å². The fraction of sp³-hybridized carbons (Fsp3) is 0.500. The Morgan fingerprint density at radius 3 is 2.94 bits per heavy atom. The van der Waals surface area contributed by atoms with Gasteiger partial charge in [-0.25, -0.2) is 0 Å². The summed E-state index contributed by atoms with van der Waals surface area (Å²) in [6, 6.07) is 6.35. The van der Waals surface area contributed by atoms with Gasteiger partial charge < -0.3 is 4.90 Å². The van der Waals surface area contributed by atoms with Crippen molar-refractivity contribution in [3.8, 4) is 0 Å². The molecule has 1 saturated heterocycles. The molecule has 3 rings (SSSR count). The van der Waals surface area contributed by atoms with Gasteiger partial charge in [-0.15, -0.1) is 0 Å². The number of hydrogen-bond acceptors (Lipinski definition) is 2. The molecule has 1 fully saturated rings. The van der Waals surface area contributed by atoms with Crippen LogP contribution in [0.15, 0.2) is 18.2 Å². The maximum Gasteiger partial charge on any atom is 0.166 e. The number of rotatable bonds is 0. The molecule has 0 amide bonds. The zero-order chi connectivity index (χ0) is 11.3. The fourth-order valence-electron chi connectivity index (χ4n) is 3.15. The first-order valence-electron chi connectivity index (χ1n) is 6.00. The van der Waals surface area contributed by atoms with Crippen LogP contribution in [-0.4, -0.2) is 30.8 Å². The number of hydrogen-bond donors (Lipinski definition) is 0. The van der Waals surface area contributed by atoms with Crippen LogP contribution in [0.2, 0.25) is 0 Å². The van der Waals surface area contributed by atoms with Gasteiger partial charge in [0, 0.05) is 23.9 Å². The first kappa shape index (κ1) is 10.0. The fourth-order valence-corrected chi connectivity index (χ4v) is 3.15. The smallest absolute Gasteiger partial charge is 0.166 e. The van der Waals surface area contributed by atoms with E-state index in [4.69, 9.17) is 0 Å². The number of carbonyl (C=O) groups is 1. The van der Waals surface area contributed by atoms with Gasteiger partial charge in [-0.2, -0.15) is 0 Å². The molecule has 0 unspecified atom stereocenters. The topological polar surface area (TPSA) is 20.3 Å². The molecule has 0 saturated carbocycles. The molecule has 1 heterocycles. The summed E-state index contributed by atoms with van der Waals surface area (Å²) < 4.78 is 0. The first-order valence-corrected chi connectivity index (χ1v) is 6.00. The van der Waals surface area contributed by atoms with Gasteiger partial charge in [0.15, 0.2) is 5.78 Å². The Kier molecular flexibility index (Phi) is 2.15. The quantitative estimate of drug-likeness (QED) is 0.661. The number of ketones is 1. The van der Waals surface area contributed by atoms with Gasteiger partial charge >= 0.3 is 0 Å². The van der Waals surface area contributed by atoms with E-state index in [1.807, 2.05) is 0 Å². The lowest BCUT2D eigenvalue weighted by Crippen LogP contribution is -2.36. The highest BCUT2D eigenvalue weighted by Gasteiger charge is 2.41. The largest absolute Gasteiger partial charge is 0.306 e. The third-order valence-corrected chi connectivity index (χ3v) is 4.03. The molecule has 0 spiro atoms. The van der Waals surface area contributed by atoms with E-state index in [0.717, 1.165) is 25.1 Å². The van der Waals surface area contributed by atoms with E-state index in [9.17, 15) is 4.79 Å². The number of aryl methyl sites for hydroxylation is 1. The average molecular weight is 215 g/mol. The number of piperidine rings is 1. The molecule has 2 atom stereocenters. The highest BCUT2D eigenvalue weighted by molar-refractivity contribution is 6.03. The van der Waals surface area contributed by atoms with Crippen molar-refractivity contribution in [3.63, 3.8) is 0 Å². The predicted octanol–water partition coefficient (Wildman–Crippen LogP) is 2.23. The van der Waals surface area contributed by atoms with Crippen molar-refractivity contribution >= 4 is 5.78 Å². The Bertz CT molecular complexity index is 452. The maximum absolute atomic E-state index is 12.3. The zero-order valence-electron chi connectivity index (χ0n) is 9.86. The Morgan fingerprint density at radius 1 is 1.31 bits per heavy atom. The number of fused-ring (bicyclic) bond motifs is 3. The molecule has 84 valence electrons. The lowest BCUT2D eigenvalue weighted by atomic mass is 9.86. The van der Waals surface area contributed by atoms with E-state index in [2.05, 4.69) is 37.1 Å². The van der Waals surface area contributed by atoms with Gasteiger partial charge in [-0.3, -0.25) is 4.79 Å². The second-order valence-corrected chi connectivity index (χ2v) is 5.22. The minimum atomic E-state index is 0.257. The minimum absolute atomic E-state index is 0.257. The first-order chi connectivity index (χ1) is 7.66. The summed E-state index contributed by atoms with van der Waals surface area (Å²) in [6.45, 7) is 4.15. The Morgan fingerprint density at radius 2 is 2.12 bits per heavy atom. The molecule has 1 aliphatic heterocycles. The van der Waals surface area contributed by atoms with Crippen LogP contribution in [0.1, 0.15) is 33.8 Å². The summed E-state index contributed by atoms with van der Waals surface area (Å²) >= 11 is 0. The number of nitrogens with zero attached hydrogens (tertiary/aromatic N) is 1. The molecule has 1 aromatic rings. The predicted molar refractivity (Wildman–Crippen MR) is 63.9 cm³/mol. The summed E-state index contributed by atoms with van der Waals surface area (Å²) in [7, 11) is 2.15. The van der Waals surface area contributed by atoms with Gasteiger partial charge in [0.2, 0.25) is 0 Å². The molecule has 1 aromatic carbocycles. The van der Waals surface area contributed by atoms with Gasteiger partial charge in [-0.1, -0.05) is 17.7 Å². The summed E-state index contributed by atoms with van der Waals surface area (Å²) in [5.74, 6) is 1.09. The molecule has 16 heavy (non-hydrogen) atoms. The summed E-state index contributed by atoms with van der Waals surface area (Å²) in [5.41, 5.74) is 3.47. The van der Waals surface area contributed by atoms with E-state index in [0.29, 0.717) is 11.7 Å². The van der Waals surface area contributed by atoms with E-state index in [1.165, 1.54) is 11.1 Å². The SMILES string of the molecule is Cc1ccc2c(c1)C(=O)[C@H]1CCN(C)C[C@@H]21. The van der Waals surface area contributed by atoms with Gasteiger partial charge in [-0.05, 0) is 38.6 Å². The standard InChI is InChI=1S/C14H17NO/c1-9-3-4-10-12(7-9)14(16)11-5-6-15(2)8-13(10)11/h3-4,7,11,13H,5-6,8H2,1-2H3/t11-,13-/m0/s1. The Labute approximate surface area is 96.3 Å². The van der Waals surface area contributed by atoms with Crippen molar-refractivity contribution in [2.45, 2.75) is 19.3 Å². The molecule has 2 aliphatic rings. The van der Waals surface area contributed by atoms with E-state index >= 15 is 0 Å². The average Bonchev–Trinajstić information content (AvgIpc) is 2.52. The van der Waals surface area contributed by atoms with Crippen molar-refractivity contribution in [1.29, 1.82) is 0 Å². The van der Waals surface area contributed by atoms with E-state index in [1.54, 1.807) is 0 Å². The van der Waals surface area contributed by atoms with Gasteiger partial charge in [0.25, 0.3) is 0 Å². The van der Waals surface area contributed by atoms with Crippen LogP contribution in [0.4, 0.5) is 0 Å². The van der Waals surface area contributed by atoms with Gasteiger partial charge in [0.05, 0.1) is 0 Å². The third kappa shape index (κ3) is 1.33. The van der Waals surface area contributed by atoms with Crippen molar-refractivity contribution in [1.82, 2.24) is 4.90 Å². The molecule has 2 nitrogen and oxygen atoms in total.